The Kier molecular flexibility index (Phi) is 5.96. The Labute approximate surface area is 112 Å². The number of halogens is 2. The fraction of sp³-hybridized carbons (Fsp3) is 0.462. The van der Waals surface area contributed by atoms with E-state index in [1.165, 1.54) is 0 Å². The summed E-state index contributed by atoms with van der Waals surface area (Å²) in [7, 11) is 0. The Morgan fingerprint density at radius 2 is 2.12 bits per heavy atom. The van der Waals surface area contributed by atoms with Crippen LogP contribution < -0.4 is 5.73 Å². The van der Waals surface area contributed by atoms with Crippen molar-refractivity contribution in [3.63, 3.8) is 0 Å². The Balaban J connectivity index is 2.54. The molecule has 2 nitrogen and oxygen atoms in total. The van der Waals surface area contributed by atoms with Gasteiger partial charge in [0, 0.05) is 12.8 Å². The Hall–Kier alpha value is -0.570. The second kappa shape index (κ2) is 7.00. The van der Waals surface area contributed by atoms with Crippen LogP contribution >= 0.6 is 23.2 Å². The average molecular weight is 274 g/mol. The quantitative estimate of drug-likeness (QED) is 0.863. The fourth-order valence-corrected chi connectivity index (χ4v) is 1.90. The van der Waals surface area contributed by atoms with Gasteiger partial charge in [-0.3, -0.25) is 4.79 Å². The summed E-state index contributed by atoms with van der Waals surface area (Å²) in [6, 6.07) is 5.35. The lowest BCUT2D eigenvalue weighted by Crippen LogP contribution is -2.13. The van der Waals surface area contributed by atoms with Gasteiger partial charge < -0.3 is 5.73 Å². The van der Waals surface area contributed by atoms with Gasteiger partial charge >= 0.3 is 0 Å². The van der Waals surface area contributed by atoms with Crippen molar-refractivity contribution >= 4 is 29.0 Å². The topological polar surface area (TPSA) is 43.1 Å². The highest BCUT2D eigenvalue weighted by Gasteiger charge is 2.10. The molecule has 0 spiro atoms. The van der Waals surface area contributed by atoms with Gasteiger partial charge in [0.1, 0.15) is 5.78 Å². The summed E-state index contributed by atoms with van der Waals surface area (Å²) in [5.41, 5.74) is 6.30. The number of ketones is 1. The number of nitrogens with two attached hydrogens (primary N) is 1. The number of hydrogen-bond donors (Lipinski definition) is 1. The number of carbonyl (C=O) groups is 1. The zero-order valence-electron chi connectivity index (χ0n) is 9.88. The number of benzene rings is 1. The van der Waals surface area contributed by atoms with Crippen LogP contribution in [0.4, 0.5) is 0 Å². The van der Waals surface area contributed by atoms with Crippen LogP contribution in [0.1, 0.15) is 25.3 Å². The molecule has 0 aromatic heterocycles. The maximum absolute atomic E-state index is 11.8. The van der Waals surface area contributed by atoms with Gasteiger partial charge in [-0.05, 0) is 30.5 Å². The largest absolute Gasteiger partial charge is 0.330 e. The summed E-state index contributed by atoms with van der Waals surface area (Å²) in [6.07, 6.45) is 1.71. The van der Waals surface area contributed by atoms with Crippen LogP contribution in [0.25, 0.3) is 0 Å². The van der Waals surface area contributed by atoms with Crippen LogP contribution in [0, 0.1) is 5.92 Å². The summed E-state index contributed by atoms with van der Waals surface area (Å²) >= 11 is 11.9. The van der Waals surface area contributed by atoms with E-state index < -0.39 is 0 Å². The van der Waals surface area contributed by atoms with Gasteiger partial charge in [0.25, 0.3) is 0 Å². The SMILES string of the molecule is CC(CN)CCC(=O)Cc1cccc(Cl)c1Cl. The van der Waals surface area contributed by atoms with Crippen molar-refractivity contribution in [3.05, 3.63) is 33.8 Å². The van der Waals surface area contributed by atoms with Crippen molar-refractivity contribution < 1.29 is 4.79 Å². The molecular weight excluding hydrogens is 257 g/mol. The Morgan fingerprint density at radius 1 is 1.41 bits per heavy atom. The van der Waals surface area contributed by atoms with Crippen molar-refractivity contribution in [2.75, 3.05) is 6.54 Å². The number of carbonyl (C=O) groups excluding carboxylic acids is 1. The van der Waals surface area contributed by atoms with Crippen molar-refractivity contribution in [2.24, 2.45) is 11.7 Å². The highest BCUT2D eigenvalue weighted by atomic mass is 35.5. The molecule has 0 aliphatic heterocycles. The molecule has 0 amide bonds. The van der Waals surface area contributed by atoms with Gasteiger partial charge in [0.2, 0.25) is 0 Å². The van der Waals surface area contributed by atoms with Gasteiger partial charge in [-0.15, -0.1) is 0 Å². The molecule has 0 saturated heterocycles. The van der Waals surface area contributed by atoms with E-state index >= 15 is 0 Å². The second-order valence-corrected chi connectivity index (χ2v) is 5.09. The van der Waals surface area contributed by atoms with Gasteiger partial charge in [0.05, 0.1) is 10.0 Å². The van der Waals surface area contributed by atoms with E-state index in [2.05, 4.69) is 0 Å². The summed E-state index contributed by atoms with van der Waals surface area (Å²) in [5, 5.41) is 0.974. The van der Waals surface area contributed by atoms with Gasteiger partial charge in [0.15, 0.2) is 0 Å². The second-order valence-electron chi connectivity index (χ2n) is 4.31. The van der Waals surface area contributed by atoms with E-state index in [9.17, 15) is 4.79 Å². The molecule has 0 fully saturated rings. The molecule has 1 aromatic rings. The molecule has 2 N–H and O–H groups in total. The zero-order valence-corrected chi connectivity index (χ0v) is 11.4. The molecule has 0 aliphatic carbocycles. The maximum atomic E-state index is 11.8. The molecule has 0 aliphatic rings. The summed E-state index contributed by atoms with van der Waals surface area (Å²) in [5.74, 6) is 0.559. The first-order valence-corrected chi connectivity index (χ1v) is 6.44. The first-order chi connectivity index (χ1) is 8.04. The van der Waals surface area contributed by atoms with Crippen LogP contribution in [0.5, 0.6) is 0 Å². The predicted octanol–water partition coefficient (Wildman–Crippen LogP) is 3.48. The third-order valence-corrected chi connectivity index (χ3v) is 3.60. The van der Waals surface area contributed by atoms with E-state index in [-0.39, 0.29) is 5.78 Å². The number of Topliss-reactive ketones (excluding diaryl/α,β-unsaturated/α-hetero) is 1. The lowest BCUT2D eigenvalue weighted by molar-refractivity contribution is -0.118. The minimum Gasteiger partial charge on any atom is -0.330 e. The summed E-state index contributed by atoms with van der Waals surface area (Å²) < 4.78 is 0. The van der Waals surface area contributed by atoms with Crippen LogP contribution in [-0.4, -0.2) is 12.3 Å². The molecule has 0 bridgehead atoms. The van der Waals surface area contributed by atoms with E-state index in [0.29, 0.717) is 35.3 Å². The van der Waals surface area contributed by atoms with Crippen molar-refractivity contribution in [3.8, 4) is 0 Å². The van der Waals surface area contributed by atoms with E-state index in [4.69, 9.17) is 28.9 Å². The van der Waals surface area contributed by atoms with Crippen LogP contribution in [0.15, 0.2) is 18.2 Å². The first kappa shape index (κ1) is 14.5. The third kappa shape index (κ3) is 4.66. The van der Waals surface area contributed by atoms with Crippen molar-refractivity contribution in [1.82, 2.24) is 0 Å². The van der Waals surface area contributed by atoms with E-state index in [0.717, 1.165) is 12.0 Å². The summed E-state index contributed by atoms with van der Waals surface area (Å²) in [4.78, 5) is 11.8. The average Bonchev–Trinajstić information content (AvgIpc) is 2.32. The molecular formula is C13H17Cl2NO. The van der Waals surface area contributed by atoms with Crippen LogP contribution in [0.3, 0.4) is 0 Å². The normalized spacial score (nSPS) is 12.5. The molecule has 1 aromatic carbocycles. The first-order valence-electron chi connectivity index (χ1n) is 5.69. The molecule has 4 heteroatoms. The fourth-order valence-electron chi connectivity index (χ4n) is 1.51. The highest BCUT2D eigenvalue weighted by molar-refractivity contribution is 6.42. The smallest absolute Gasteiger partial charge is 0.137 e. The molecule has 0 radical (unpaired) electrons. The zero-order chi connectivity index (χ0) is 12.8. The van der Waals surface area contributed by atoms with Crippen molar-refractivity contribution in [2.45, 2.75) is 26.2 Å². The molecule has 1 rings (SSSR count). The van der Waals surface area contributed by atoms with E-state index in [1.807, 2.05) is 13.0 Å². The van der Waals surface area contributed by atoms with E-state index in [1.54, 1.807) is 12.1 Å². The molecule has 94 valence electrons. The molecule has 0 saturated carbocycles. The maximum Gasteiger partial charge on any atom is 0.137 e. The molecule has 1 atom stereocenters. The minimum atomic E-state index is 0.175. The van der Waals surface area contributed by atoms with Crippen molar-refractivity contribution in [1.29, 1.82) is 0 Å². The molecule has 17 heavy (non-hydrogen) atoms. The van der Waals surface area contributed by atoms with Crippen LogP contribution in [0.2, 0.25) is 10.0 Å². The standard InChI is InChI=1S/C13H17Cl2NO/c1-9(8-16)5-6-11(17)7-10-3-2-4-12(14)13(10)15/h2-4,9H,5-8,16H2,1H3. The third-order valence-electron chi connectivity index (χ3n) is 2.74. The van der Waals surface area contributed by atoms with Gasteiger partial charge in [-0.1, -0.05) is 42.3 Å². The van der Waals surface area contributed by atoms with Gasteiger partial charge in [-0.2, -0.15) is 0 Å². The monoisotopic (exact) mass is 273 g/mol. The minimum absolute atomic E-state index is 0.175. The molecule has 1 unspecified atom stereocenters. The predicted molar refractivity (Wildman–Crippen MR) is 72.6 cm³/mol. The Bertz CT molecular complexity index is 393. The van der Waals surface area contributed by atoms with Crippen LogP contribution in [-0.2, 0) is 11.2 Å². The Morgan fingerprint density at radius 3 is 2.76 bits per heavy atom. The lowest BCUT2D eigenvalue weighted by Gasteiger charge is -2.08. The molecule has 0 heterocycles. The highest BCUT2D eigenvalue weighted by Crippen LogP contribution is 2.26. The van der Waals surface area contributed by atoms with Gasteiger partial charge in [-0.25, -0.2) is 0 Å². The number of hydrogen-bond acceptors (Lipinski definition) is 2. The lowest BCUT2D eigenvalue weighted by atomic mass is 10.00. The summed E-state index contributed by atoms with van der Waals surface area (Å²) in [6.45, 7) is 2.66. The number of rotatable bonds is 6.